The van der Waals surface area contributed by atoms with E-state index in [9.17, 15) is 9.59 Å². The number of hydrogen-bond acceptors (Lipinski definition) is 4. The zero-order chi connectivity index (χ0) is 18.8. The molecule has 0 aliphatic rings. The standard InChI is InChI=1S/C19H23N5O2/c1-5-11-20-18(25)14(4)24-19(26)17-16(12(2)21-24)13(3)23(22-17)15-9-7-6-8-10-15/h6-10,14H,5,11H2,1-4H3,(H,20,25)/t14-/m1/s1. The predicted molar refractivity (Wildman–Crippen MR) is 101 cm³/mol. The van der Waals surface area contributed by atoms with E-state index in [0.29, 0.717) is 17.8 Å². The second-order valence-corrected chi connectivity index (χ2v) is 6.36. The Balaban J connectivity index is 2.14. The molecule has 3 aromatic rings. The van der Waals surface area contributed by atoms with Crippen LogP contribution in [-0.2, 0) is 4.79 Å². The first-order valence-corrected chi connectivity index (χ1v) is 8.77. The predicted octanol–water partition coefficient (Wildman–Crippen LogP) is 2.29. The number of amides is 1. The maximum Gasteiger partial charge on any atom is 0.295 e. The number of hydrogen-bond donors (Lipinski definition) is 1. The van der Waals surface area contributed by atoms with Crippen molar-refractivity contribution < 1.29 is 4.79 Å². The SMILES string of the molecule is CCCNC(=O)[C@@H](C)n1nc(C)c2c(C)n(-c3ccccc3)nc2c1=O. The van der Waals surface area contributed by atoms with Crippen LogP contribution in [0.3, 0.4) is 0 Å². The lowest BCUT2D eigenvalue weighted by Gasteiger charge is -2.14. The molecular weight excluding hydrogens is 330 g/mol. The van der Waals surface area contributed by atoms with Crippen molar-refractivity contribution in [3.63, 3.8) is 0 Å². The maximum absolute atomic E-state index is 12.9. The Morgan fingerprint density at radius 3 is 2.54 bits per heavy atom. The Morgan fingerprint density at radius 1 is 1.19 bits per heavy atom. The number of para-hydroxylation sites is 1. The van der Waals surface area contributed by atoms with Gasteiger partial charge in [-0.1, -0.05) is 25.1 Å². The van der Waals surface area contributed by atoms with E-state index in [1.165, 1.54) is 4.68 Å². The first-order valence-electron chi connectivity index (χ1n) is 8.77. The van der Waals surface area contributed by atoms with Crippen LogP contribution >= 0.6 is 0 Å². The normalized spacial score (nSPS) is 12.3. The van der Waals surface area contributed by atoms with E-state index in [0.717, 1.165) is 23.2 Å². The molecular formula is C19H23N5O2. The van der Waals surface area contributed by atoms with Gasteiger partial charge in [0.2, 0.25) is 5.91 Å². The Morgan fingerprint density at radius 2 is 1.88 bits per heavy atom. The summed E-state index contributed by atoms with van der Waals surface area (Å²) in [6.07, 6.45) is 0.833. The summed E-state index contributed by atoms with van der Waals surface area (Å²) in [6, 6.07) is 8.94. The summed E-state index contributed by atoms with van der Waals surface area (Å²) in [5.41, 5.74) is 2.37. The fourth-order valence-corrected chi connectivity index (χ4v) is 3.04. The van der Waals surface area contributed by atoms with E-state index in [2.05, 4.69) is 15.5 Å². The first-order chi connectivity index (χ1) is 12.5. The van der Waals surface area contributed by atoms with E-state index in [-0.39, 0.29) is 11.5 Å². The topological polar surface area (TPSA) is 81.8 Å². The van der Waals surface area contributed by atoms with Crippen LogP contribution in [0.1, 0.15) is 37.7 Å². The monoisotopic (exact) mass is 353 g/mol. The largest absolute Gasteiger partial charge is 0.354 e. The molecule has 0 aliphatic carbocycles. The quantitative estimate of drug-likeness (QED) is 0.763. The third-order valence-corrected chi connectivity index (χ3v) is 4.44. The Hall–Kier alpha value is -2.96. The van der Waals surface area contributed by atoms with Gasteiger partial charge in [-0.2, -0.15) is 10.2 Å². The van der Waals surface area contributed by atoms with Gasteiger partial charge in [0, 0.05) is 6.54 Å². The third-order valence-electron chi connectivity index (χ3n) is 4.44. The van der Waals surface area contributed by atoms with E-state index in [1.807, 2.05) is 51.1 Å². The van der Waals surface area contributed by atoms with Crippen LogP contribution in [0.4, 0.5) is 0 Å². The van der Waals surface area contributed by atoms with Gasteiger partial charge in [0.25, 0.3) is 5.56 Å². The molecule has 2 aromatic heterocycles. The van der Waals surface area contributed by atoms with Gasteiger partial charge >= 0.3 is 0 Å². The van der Waals surface area contributed by atoms with E-state index in [4.69, 9.17) is 0 Å². The van der Waals surface area contributed by atoms with E-state index < -0.39 is 6.04 Å². The molecule has 0 radical (unpaired) electrons. The number of carbonyl (C=O) groups excluding carboxylic acids is 1. The van der Waals surface area contributed by atoms with Crippen molar-refractivity contribution in [3.8, 4) is 5.69 Å². The van der Waals surface area contributed by atoms with Crippen LogP contribution in [0, 0.1) is 13.8 Å². The van der Waals surface area contributed by atoms with E-state index >= 15 is 0 Å². The van der Waals surface area contributed by atoms with E-state index in [1.54, 1.807) is 11.6 Å². The highest BCUT2D eigenvalue weighted by Gasteiger charge is 2.22. The van der Waals surface area contributed by atoms with Crippen LogP contribution in [0.25, 0.3) is 16.6 Å². The van der Waals surface area contributed by atoms with Crippen molar-refractivity contribution in [3.05, 3.63) is 52.1 Å². The molecule has 1 N–H and O–H groups in total. The zero-order valence-electron chi connectivity index (χ0n) is 15.5. The number of rotatable bonds is 5. The fraction of sp³-hybridized carbons (Fsp3) is 0.368. The average Bonchev–Trinajstić information content (AvgIpc) is 3.01. The maximum atomic E-state index is 12.9. The molecule has 0 spiro atoms. The number of aromatic nitrogens is 4. The third kappa shape index (κ3) is 3.00. The Labute approximate surface area is 151 Å². The molecule has 1 aromatic carbocycles. The van der Waals surface area contributed by atoms with Crippen LogP contribution < -0.4 is 10.9 Å². The summed E-state index contributed by atoms with van der Waals surface area (Å²) in [7, 11) is 0. The number of aryl methyl sites for hydroxylation is 2. The van der Waals surface area contributed by atoms with Gasteiger partial charge in [0.05, 0.1) is 22.5 Å². The Kier molecular flexibility index (Phi) is 4.88. The number of fused-ring (bicyclic) bond motifs is 1. The van der Waals surface area contributed by atoms with Crippen molar-refractivity contribution in [2.75, 3.05) is 6.54 Å². The summed E-state index contributed by atoms with van der Waals surface area (Å²) in [4.78, 5) is 25.2. The molecule has 0 bridgehead atoms. The van der Waals surface area contributed by atoms with Gasteiger partial charge in [0.1, 0.15) is 6.04 Å². The van der Waals surface area contributed by atoms with Crippen molar-refractivity contribution in [1.29, 1.82) is 0 Å². The minimum atomic E-state index is -0.695. The summed E-state index contributed by atoms with van der Waals surface area (Å²) >= 11 is 0. The molecule has 26 heavy (non-hydrogen) atoms. The molecule has 0 aliphatic heterocycles. The molecule has 0 unspecified atom stereocenters. The molecule has 1 atom stereocenters. The highest BCUT2D eigenvalue weighted by Crippen LogP contribution is 2.21. The van der Waals surface area contributed by atoms with Crippen molar-refractivity contribution in [1.82, 2.24) is 24.9 Å². The summed E-state index contributed by atoms with van der Waals surface area (Å²) in [5.74, 6) is -0.223. The number of nitrogens with zero attached hydrogens (tertiary/aromatic N) is 4. The van der Waals surface area contributed by atoms with Crippen molar-refractivity contribution in [2.45, 2.75) is 40.2 Å². The number of carbonyl (C=O) groups is 1. The van der Waals surface area contributed by atoms with Crippen LogP contribution in [0.2, 0.25) is 0 Å². The zero-order valence-corrected chi connectivity index (χ0v) is 15.5. The lowest BCUT2D eigenvalue weighted by molar-refractivity contribution is -0.124. The molecule has 136 valence electrons. The van der Waals surface area contributed by atoms with Gasteiger partial charge in [-0.05, 0) is 39.3 Å². The second-order valence-electron chi connectivity index (χ2n) is 6.36. The molecule has 7 nitrogen and oxygen atoms in total. The number of nitrogens with one attached hydrogen (secondary N) is 1. The van der Waals surface area contributed by atoms with Gasteiger partial charge in [-0.15, -0.1) is 0 Å². The molecule has 0 saturated heterocycles. The van der Waals surface area contributed by atoms with Gasteiger partial charge < -0.3 is 5.32 Å². The summed E-state index contributed by atoms with van der Waals surface area (Å²) in [5, 5.41) is 12.4. The minimum absolute atomic E-state index is 0.223. The van der Waals surface area contributed by atoms with Crippen molar-refractivity contribution >= 4 is 16.8 Å². The molecule has 0 fully saturated rings. The average molecular weight is 353 g/mol. The second kappa shape index (κ2) is 7.11. The van der Waals surface area contributed by atoms with Gasteiger partial charge in [0.15, 0.2) is 5.52 Å². The highest BCUT2D eigenvalue weighted by molar-refractivity contribution is 5.84. The van der Waals surface area contributed by atoms with Gasteiger partial charge in [-0.3, -0.25) is 9.59 Å². The van der Waals surface area contributed by atoms with Crippen molar-refractivity contribution in [2.24, 2.45) is 0 Å². The molecule has 0 saturated carbocycles. The van der Waals surface area contributed by atoms with Crippen LogP contribution in [0.15, 0.2) is 35.1 Å². The molecule has 7 heteroatoms. The lowest BCUT2D eigenvalue weighted by Crippen LogP contribution is -2.37. The summed E-state index contributed by atoms with van der Waals surface area (Å²) < 4.78 is 2.97. The Bertz CT molecular complexity index is 1000. The smallest absolute Gasteiger partial charge is 0.295 e. The molecule has 3 rings (SSSR count). The fourth-order valence-electron chi connectivity index (χ4n) is 3.04. The summed E-state index contributed by atoms with van der Waals surface area (Å²) in [6.45, 7) is 7.97. The molecule has 2 heterocycles. The molecule has 1 amide bonds. The van der Waals surface area contributed by atoms with Crippen LogP contribution in [-0.4, -0.2) is 32.0 Å². The first kappa shape index (κ1) is 17.8. The number of benzene rings is 1. The van der Waals surface area contributed by atoms with Crippen LogP contribution in [0.5, 0.6) is 0 Å². The van der Waals surface area contributed by atoms with Gasteiger partial charge in [-0.25, -0.2) is 9.36 Å². The lowest BCUT2D eigenvalue weighted by atomic mass is 10.2. The highest BCUT2D eigenvalue weighted by atomic mass is 16.2. The minimum Gasteiger partial charge on any atom is -0.354 e.